The van der Waals surface area contributed by atoms with E-state index in [1.807, 2.05) is 30.7 Å². The van der Waals surface area contributed by atoms with Gasteiger partial charge >= 0.3 is 0 Å². The Kier molecular flexibility index (Phi) is 6.85. The first kappa shape index (κ1) is 25.7. The van der Waals surface area contributed by atoms with E-state index in [1.54, 1.807) is 6.33 Å². The van der Waals surface area contributed by atoms with Crippen LogP contribution in [0.25, 0.3) is 33.1 Å². The third kappa shape index (κ3) is 5.40. The Morgan fingerprint density at radius 2 is 1.66 bits per heavy atom. The Morgan fingerprint density at radius 1 is 0.829 bits per heavy atom. The summed E-state index contributed by atoms with van der Waals surface area (Å²) < 4.78 is 6.40. The van der Waals surface area contributed by atoms with Crippen LogP contribution in [0.4, 0.5) is 17.2 Å². The Balaban J connectivity index is 1.16. The third-order valence-electron chi connectivity index (χ3n) is 8.25. The second-order valence-corrected chi connectivity index (χ2v) is 11.2. The fourth-order valence-electron chi connectivity index (χ4n) is 5.74. The maximum absolute atomic E-state index is 6.40. The first-order chi connectivity index (χ1) is 20.1. The van der Waals surface area contributed by atoms with Gasteiger partial charge in [0.05, 0.1) is 22.8 Å². The van der Waals surface area contributed by atoms with Crippen molar-refractivity contribution in [3.05, 3.63) is 61.3 Å². The monoisotopic (exact) mass is 549 g/mol. The molecule has 0 unspecified atom stereocenters. The zero-order chi connectivity index (χ0) is 27.8. The number of piperidine rings is 1. The van der Waals surface area contributed by atoms with Gasteiger partial charge in [0.1, 0.15) is 23.9 Å². The number of pyridine rings is 2. The molecule has 6 heterocycles. The molecular formula is C31H35N9O. The van der Waals surface area contributed by atoms with Crippen molar-refractivity contribution >= 4 is 39.1 Å². The Bertz CT molecular complexity index is 1670. The summed E-state index contributed by atoms with van der Waals surface area (Å²) in [6, 6.07) is 12.5. The number of rotatable bonds is 6. The maximum atomic E-state index is 6.40. The van der Waals surface area contributed by atoms with Crippen LogP contribution in [0.3, 0.4) is 0 Å². The number of nitrogens with one attached hydrogen (secondary N) is 2. The molecule has 0 aliphatic carbocycles. The summed E-state index contributed by atoms with van der Waals surface area (Å²) in [4.78, 5) is 28.7. The summed E-state index contributed by atoms with van der Waals surface area (Å²) in [6.45, 7) is 6.12. The predicted octanol–water partition coefficient (Wildman–Crippen LogP) is 4.54. The summed E-state index contributed by atoms with van der Waals surface area (Å²) in [6.07, 6.45) is 9.51. The second kappa shape index (κ2) is 10.9. The van der Waals surface area contributed by atoms with Crippen molar-refractivity contribution in [2.45, 2.75) is 18.9 Å². The Labute approximate surface area is 239 Å². The number of ether oxygens (including phenoxy) is 1. The van der Waals surface area contributed by atoms with Crippen LogP contribution in [-0.4, -0.2) is 94.2 Å². The van der Waals surface area contributed by atoms with E-state index in [4.69, 9.17) is 9.72 Å². The van der Waals surface area contributed by atoms with Crippen LogP contribution in [0.2, 0.25) is 0 Å². The van der Waals surface area contributed by atoms with E-state index in [9.17, 15) is 0 Å². The number of anilines is 3. The van der Waals surface area contributed by atoms with Crippen molar-refractivity contribution in [3.8, 4) is 17.0 Å². The van der Waals surface area contributed by atoms with Crippen molar-refractivity contribution in [1.29, 1.82) is 0 Å². The molecule has 0 atom stereocenters. The first-order valence-electron chi connectivity index (χ1n) is 14.3. The van der Waals surface area contributed by atoms with Crippen LogP contribution in [0.1, 0.15) is 12.8 Å². The number of H-pyrrole nitrogens is 1. The molecule has 10 heteroatoms. The third-order valence-corrected chi connectivity index (χ3v) is 8.25. The molecule has 1 aromatic carbocycles. The first-order valence-corrected chi connectivity index (χ1v) is 14.3. The fourth-order valence-corrected chi connectivity index (χ4v) is 5.74. The van der Waals surface area contributed by atoms with Crippen LogP contribution in [0.5, 0.6) is 5.88 Å². The SMILES string of the molecule is CN1CCC(Oc2ncnc3ccc(-c4c[nH]c5ncc(Nc6ccnc(N7CCN(C)CC7)c6)cc45)cc23)CC1. The number of aromatic nitrogens is 5. The number of nitrogens with zero attached hydrogens (tertiary/aromatic N) is 7. The zero-order valence-corrected chi connectivity index (χ0v) is 23.5. The number of likely N-dealkylation sites (N-methyl/N-ethyl adjacent to an activating group) is 1. The van der Waals surface area contributed by atoms with Crippen molar-refractivity contribution in [2.24, 2.45) is 0 Å². The van der Waals surface area contributed by atoms with Gasteiger partial charge in [-0.1, -0.05) is 6.07 Å². The van der Waals surface area contributed by atoms with Gasteiger partial charge in [0, 0.05) is 74.4 Å². The van der Waals surface area contributed by atoms with E-state index >= 15 is 0 Å². The summed E-state index contributed by atoms with van der Waals surface area (Å²) in [5.74, 6) is 1.65. The van der Waals surface area contributed by atoms with Gasteiger partial charge in [-0.15, -0.1) is 0 Å². The molecule has 10 nitrogen and oxygen atoms in total. The van der Waals surface area contributed by atoms with Crippen molar-refractivity contribution in [2.75, 3.05) is 63.6 Å². The van der Waals surface area contributed by atoms with Gasteiger partial charge < -0.3 is 29.7 Å². The van der Waals surface area contributed by atoms with Crippen LogP contribution in [-0.2, 0) is 0 Å². The molecule has 2 fully saturated rings. The van der Waals surface area contributed by atoms with E-state index in [0.29, 0.717) is 5.88 Å². The van der Waals surface area contributed by atoms with Gasteiger partial charge in [-0.3, -0.25) is 0 Å². The van der Waals surface area contributed by atoms with Crippen LogP contribution in [0, 0.1) is 0 Å². The second-order valence-electron chi connectivity index (χ2n) is 11.2. The standard InChI is InChI=1S/C31H35N9O/c1-38-9-6-24(7-10-38)41-31-26-15-21(3-4-28(26)35-20-36-31)27-19-34-30-25(27)16-23(18-33-30)37-22-5-8-32-29(17-22)40-13-11-39(2)12-14-40/h3-5,8,15-20,24H,6-7,9-14H2,1-2H3,(H,32,37)(H,33,34). The predicted molar refractivity (Wildman–Crippen MR) is 163 cm³/mol. The molecule has 0 saturated carbocycles. The van der Waals surface area contributed by atoms with Crippen molar-refractivity contribution < 1.29 is 4.74 Å². The van der Waals surface area contributed by atoms with E-state index in [-0.39, 0.29) is 6.10 Å². The molecule has 0 bridgehead atoms. The number of aromatic amines is 1. The smallest absolute Gasteiger partial charge is 0.224 e. The maximum Gasteiger partial charge on any atom is 0.224 e. The van der Waals surface area contributed by atoms with Crippen LogP contribution < -0.4 is 15.0 Å². The molecule has 2 aliphatic rings. The minimum absolute atomic E-state index is 0.170. The average Bonchev–Trinajstić information content (AvgIpc) is 3.42. The molecule has 2 N–H and O–H groups in total. The van der Waals surface area contributed by atoms with Crippen molar-refractivity contribution in [1.82, 2.24) is 34.7 Å². The van der Waals surface area contributed by atoms with Crippen molar-refractivity contribution in [3.63, 3.8) is 0 Å². The topological polar surface area (TPSA) is 98.3 Å². The van der Waals surface area contributed by atoms with E-state index in [1.165, 1.54) is 0 Å². The Hall–Kier alpha value is -4.28. The quantitative estimate of drug-likeness (QED) is 0.316. The summed E-state index contributed by atoms with van der Waals surface area (Å²) in [5.41, 5.74) is 5.76. The van der Waals surface area contributed by atoms with Crippen LogP contribution in [0.15, 0.2) is 61.3 Å². The minimum Gasteiger partial charge on any atom is -0.474 e. The number of hydrogen-bond donors (Lipinski definition) is 2. The molecule has 210 valence electrons. The van der Waals surface area contributed by atoms with Gasteiger partial charge in [-0.05, 0) is 56.8 Å². The van der Waals surface area contributed by atoms with E-state index in [0.717, 1.165) is 102 Å². The van der Waals surface area contributed by atoms with Gasteiger partial charge in [0.25, 0.3) is 0 Å². The highest BCUT2D eigenvalue weighted by atomic mass is 16.5. The number of fused-ring (bicyclic) bond motifs is 2. The molecule has 4 aromatic heterocycles. The van der Waals surface area contributed by atoms with Gasteiger partial charge in [-0.2, -0.15) is 0 Å². The number of benzene rings is 1. The number of piperazine rings is 1. The normalized spacial score (nSPS) is 17.4. The zero-order valence-electron chi connectivity index (χ0n) is 23.5. The molecule has 7 rings (SSSR count). The highest BCUT2D eigenvalue weighted by molar-refractivity contribution is 5.98. The molecule has 2 saturated heterocycles. The van der Waals surface area contributed by atoms with Gasteiger partial charge in [0.2, 0.25) is 5.88 Å². The number of hydrogen-bond acceptors (Lipinski definition) is 9. The molecule has 5 aromatic rings. The lowest BCUT2D eigenvalue weighted by atomic mass is 10.0. The van der Waals surface area contributed by atoms with Gasteiger partial charge in [-0.25, -0.2) is 19.9 Å². The van der Waals surface area contributed by atoms with E-state index < -0.39 is 0 Å². The minimum atomic E-state index is 0.170. The Morgan fingerprint density at radius 3 is 2.51 bits per heavy atom. The molecule has 41 heavy (non-hydrogen) atoms. The van der Waals surface area contributed by atoms with Gasteiger partial charge in [0.15, 0.2) is 0 Å². The lowest BCUT2D eigenvalue weighted by Crippen LogP contribution is -2.44. The summed E-state index contributed by atoms with van der Waals surface area (Å²) >= 11 is 0. The molecule has 0 spiro atoms. The largest absolute Gasteiger partial charge is 0.474 e. The molecule has 2 aliphatic heterocycles. The summed E-state index contributed by atoms with van der Waals surface area (Å²) in [5, 5.41) is 5.51. The fraction of sp³-hybridized carbons (Fsp3) is 0.355. The lowest BCUT2D eigenvalue weighted by Gasteiger charge is -2.33. The lowest BCUT2D eigenvalue weighted by molar-refractivity contribution is 0.111. The number of likely N-dealkylation sites (tertiary alicyclic amines) is 1. The van der Waals surface area contributed by atoms with Crippen LogP contribution >= 0.6 is 0 Å². The summed E-state index contributed by atoms with van der Waals surface area (Å²) in [7, 11) is 4.32. The van der Waals surface area contributed by atoms with E-state index in [2.05, 4.69) is 78.3 Å². The average molecular weight is 550 g/mol. The highest BCUT2D eigenvalue weighted by Gasteiger charge is 2.20. The molecular weight excluding hydrogens is 514 g/mol. The highest BCUT2D eigenvalue weighted by Crippen LogP contribution is 2.34. The molecule has 0 amide bonds. The molecule has 0 radical (unpaired) electrons.